The third-order valence-electron chi connectivity index (χ3n) is 0.703. The van der Waals surface area contributed by atoms with Crippen molar-refractivity contribution in [2.75, 3.05) is 0 Å². The van der Waals surface area contributed by atoms with Crippen LogP contribution in [-0.4, -0.2) is 11.5 Å². The van der Waals surface area contributed by atoms with Crippen LogP contribution in [-0.2, 0) is 0 Å². The molecule has 3 heteroatoms. The monoisotopic (exact) mass is 200 g/mol. The Bertz CT molecular complexity index is 92.4. The molecular formula is C5H7BrClF. The molecule has 0 heterocycles. The maximum absolute atomic E-state index is 12.1. The Morgan fingerprint density at radius 1 is 1.88 bits per heavy atom. The molecule has 0 aromatic carbocycles. The van der Waals surface area contributed by atoms with Gasteiger partial charge in [-0.2, -0.15) is 0 Å². The summed E-state index contributed by atoms with van der Waals surface area (Å²) in [5, 5.41) is -0.602. The third-order valence-corrected chi connectivity index (χ3v) is 2.07. The van der Waals surface area contributed by atoms with E-state index in [0.717, 1.165) is 0 Å². The number of rotatable bonds is 2. The van der Waals surface area contributed by atoms with Crippen LogP contribution < -0.4 is 0 Å². The first kappa shape index (κ1) is 8.44. The van der Waals surface area contributed by atoms with E-state index in [1.54, 1.807) is 0 Å². The molecule has 0 aromatic rings. The van der Waals surface area contributed by atoms with Crippen LogP contribution in [0, 0.1) is 0 Å². The third kappa shape index (κ3) is 2.68. The summed E-state index contributed by atoms with van der Waals surface area (Å²) in [6.07, 6.45) is -1.04. The highest BCUT2D eigenvalue weighted by atomic mass is 79.9. The lowest BCUT2D eigenvalue weighted by atomic mass is 10.3. The quantitative estimate of drug-likeness (QED) is 0.603. The van der Waals surface area contributed by atoms with Crippen LogP contribution >= 0.6 is 27.5 Å². The molecule has 0 spiro atoms. The smallest absolute Gasteiger partial charge is 0.118 e. The van der Waals surface area contributed by atoms with Gasteiger partial charge >= 0.3 is 0 Å². The van der Waals surface area contributed by atoms with E-state index in [1.165, 1.54) is 6.92 Å². The molecule has 0 fully saturated rings. The Labute approximate surface area is 61.8 Å². The molecule has 0 radical (unpaired) electrons. The predicted molar refractivity (Wildman–Crippen MR) is 38.3 cm³/mol. The highest BCUT2D eigenvalue weighted by molar-refractivity contribution is 9.11. The molecule has 1 unspecified atom stereocenters. The van der Waals surface area contributed by atoms with Crippen LogP contribution in [0.4, 0.5) is 4.39 Å². The standard InChI is InChI=1S/C5H7BrClF/c1-3(6)5(7)4(2)8/h4-5H,1H2,2H3/t4-,5?/m0/s1. The highest BCUT2D eigenvalue weighted by Crippen LogP contribution is 2.19. The molecule has 0 nitrogen and oxygen atoms in total. The average Bonchev–Trinajstić information content (AvgIpc) is 1.64. The zero-order valence-corrected chi connectivity index (χ0v) is 6.84. The van der Waals surface area contributed by atoms with Gasteiger partial charge in [-0.1, -0.05) is 22.5 Å². The summed E-state index contributed by atoms with van der Waals surface area (Å²) in [5.41, 5.74) is 0. The van der Waals surface area contributed by atoms with Gasteiger partial charge in [0.1, 0.15) is 6.17 Å². The summed E-state index contributed by atoms with van der Waals surface area (Å²) in [6.45, 7) is 4.81. The Morgan fingerprint density at radius 2 is 2.25 bits per heavy atom. The first-order valence-corrected chi connectivity index (χ1v) is 3.41. The summed E-state index contributed by atoms with van der Waals surface area (Å²) >= 11 is 8.40. The largest absolute Gasteiger partial charge is 0.246 e. The summed E-state index contributed by atoms with van der Waals surface area (Å²) < 4.78 is 12.6. The van der Waals surface area contributed by atoms with Gasteiger partial charge in [0.25, 0.3) is 0 Å². The van der Waals surface area contributed by atoms with Crippen LogP contribution in [0.5, 0.6) is 0 Å². The number of alkyl halides is 2. The Kier molecular flexibility index (Phi) is 3.65. The van der Waals surface area contributed by atoms with Crippen molar-refractivity contribution < 1.29 is 4.39 Å². The van der Waals surface area contributed by atoms with E-state index in [-0.39, 0.29) is 0 Å². The SMILES string of the molecule is C=C(Br)C(Cl)[C@H](C)F. The van der Waals surface area contributed by atoms with Gasteiger partial charge in [0.2, 0.25) is 0 Å². The van der Waals surface area contributed by atoms with E-state index >= 15 is 0 Å². The molecule has 48 valence electrons. The van der Waals surface area contributed by atoms with E-state index in [9.17, 15) is 4.39 Å². The fourth-order valence-electron chi connectivity index (χ4n) is 0.249. The van der Waals surface area contributed by atoms with Crippen molar-refractivity contribution in [3.05, 3.63) is 11.1 Å². The van der Waals surface area contributed by atoms with Gasteiger partial charge < -0.3 is 0 Å². The number of hydrogen-bond acceptors (Lipinski definition) is 0. The van der Waals surface area contributed by atoms with Gasteiger partial charge in [-0.3, -0.25) is 0 Å². The normalized spacial score (nSPS) is 17.5. The second-order valence-corrected chi connectivity index (χ2v) is 3.01. The van der Waals surface area contributed by atoms with Crippen molar-refractivity contribution in [2.24, 2.45) is 0 Å². The fourth-order valence-corrected chi connectivity index (χ4v) is 0.613. The van der Waals surface area contributed by atoms with Gasteiger partial charge in [-0.25, -0.2) is 4.39 Å². The number of allylic oxidation sites excluding steroid dienone is 1. The molecule has 0 aliphatic rings. The fraction of sp³-hybridized carbons (Fsp3) is 0.600. The number of halogens is 3. The van der Waals surface area contributed by atoms with Gasteiger partial charge in [-0.05, 0) is 6.92 Å². The molecular weight excluding hydrogens is 194 g/mol. The van der Waals surface area contributed by atoms with E-state index in [2.05, 4.69) is 22.5 Å². The van der Waals surface area contributed by atoms with Gasteiger partial charge in [0.05, 0.1) is 5.38 Å². The maximum Gasteiger partial charge on any atom is 0.118 e. The molecule has 2 atom stereocenters. The van der Waals surface area contributed by atoms with Crippen molar-refractivity contribution in [1.82, 2.24) is 0 Å². The van der Waals surface area contributed by atoms with Gasteiger partial charge in [0, 0.05) is 4.48 Å². The van der Waals surface area contributed by atoms with Crippen LogP contribution in [0.25, 0.3) is 0 Å². The predicted octanol–water partition coefficient (Wildman–Crippen LogP) is 2.86. The number of hydrogen-bond donors (Lipinski definition) is 0. The molecule has 0 N–H and O–H groups in total. The Hall–Kier alpha value is 0.440. The summed E-state index contributed by atoms with van der Waals surface area (Å²) in [7, 11) is 0. The van der Waals surface area contributed by atoms with Crippen molar-refractivity contribution in [2.45, 2.75) is 18.5 Å². The molecule has 0 saturated heterocycles. The topological polar surface area (TPSA) is 0 Å². The Balaban J connectivity index is 3.64. The minimum Gasteiger partial charge on any atom is -0.246 e. The second-order valence-electron chi connectivity index (χ2n) is 1.53. The maximum atomic E-state index is 12.1. The first-order valence-electron chi connectivity index (χ1n) is 2.18. The Morgan fingerprint density at radius 3 is 2.25 bits per heavy atom. The first-order chi connectivity index (χ1) is 3.55. The lowest BCUT2D eigenvalue weighted by Crippen LogP contribution is -2.10. The second kappa shape index (κ2) is 3.46. The zero-order valence-electron chi connectivity index (χ0n) is 4.50. The zero-order chi connectivity index (χ0) is 6.73. The van der Waals surface area contributed by atoms with Gasteiger partial charge in [-0.15, -0.1) is 11.6 Å². The molecule has 0 rings (SSSR count). The van der Waals surface area contributed by atoms with E-state index in [1.807, 2.05) is 0 Å². The van der Waals surface area contributed by atoms with Crippen LogP contribution in [0.3, 0.4) is 0 Å². The van der Waals surface area contributed by atoms with Crippen LogP contribution in [0.1, 0.15) is 6.92 Å². The van der Waals surface area contributed by atoms with Crippen LogP contribution in [0.15, 0.2) is 11.1 Å². The molecule has 0 amide bonds. The minimum absolute atomic E-state index is 0.495. The van der Waals surface area contributed by atoms with Crippen molar-refractivity contribution in [1.29, 1.82) is 0 Å². The summed E-state index contributed by atoms with van der Waals surface area (Å²) in [4.78, 5) is 0. The lowest BCUT2D eigenvalue weighted by molar-refractivity contribution is 0.368. The van der Waals surface area contributed by atoms with Crippen molar-refractivity contribution >= 4 is 27.5 Å². The summed E-state index contributed by atoms with van der Waals surface area (Å²) in [6, 6.07) is 0. The molecule has 8 heavy (non-hydrogen) atoms. The average molecular weight is 201 g/mol. The molecule has 0 aliphatic carbocycles. The van der Waals surface area contributed by atoms with E-state index in [4.69, 9.17) is 11.6 Å². The van der Waals surface area contributed by atoms with E-state index < -0.39 is 11.5 Å². The van der Waals surface area contributed by atoms with Crippen molar-refractivity contribution in [3.63, 3.8) is 0 Å². The lowest BCUT2D eigenvalue weighted by Gasteiger charge is -2.06. The minimum atomic E-state index is -1.04. The highest BCUT2D eigenvalue weighted by Gasteiger charge is 2.13. The van der Waals surface area contributed by atoms with E-state index in [0.29, 0.717) is 4.48 Å². The van der Waals surface area contributed by atoms with Crippen molar-refractivity contribution in [3.8, 4) is 0 Å². The molecule has 0 saturated carbocycles. The van der Waals surface area contributed by atoms with Gasteiger partial charge in [0.15, 0.2) is 0 Å². The molecule has 0 aromatic heterocycles. The molecule has 0 aliphatic heterocycles. The summed E-state index contributed by atoms with van der Waals surface area (Å²) in [5.74, 6) is 0. The van der Waals surface area contributed by atoms with Crippen LogP contribution in [0.2, 0.25) is 0 Å². The molecule has 0 bridgehead atoms.